The van der Waals surface area contributed by atoms with E-state index in [9.17, 15) is 19.2 Å². The second-order valence-electron chi connectivity index (χ2n) is 13.7. The first-order valence-corrected chi connectivity index (χ1v) is 16.6. The summed E-state index contributed by atoms with van der Waals surface area (Å²) in [5.41, 5.74) is 0.607. The Morgan fingerprint density at radius 2 is 1.73 bits per heavy atom. The number of piperazine rings is 1. The van der Waals surface area contributed by atoms with E-state index in [1.165, 1.54) is 12.5 Å². The lowest BCUT2D eigenvalue weighted by Crippen LogP contribution is -2.57. The van der Waals surface area contributed by atoms with E-state index in [1.54, 1.807) is 16.9 Å². The summed E-state index contributed by atoms with van der Waals surface area (Å²) in [6, 6.07) is -0.579. The second kappa shape index (κ2) is 14.1. The number of epoxide rings is 2. The van der Waals surface area contributed by atoms with Crippen LogP contribution in [0.25, 0.3) is 0 Å². The summed E-state index contributed by atoms with van der Waals surface area (Å²) in [5, 5.41) is 0. The number of amides is 2. The van der Waals surface area contributed by atoms with Gasteiger partial charge in [0.05, 0.1) is 18.6 Å². The number of carbonyl (C=O) groups is 4. The Kier molecular flexibility index (Phi) is 10.6. The normalized spacial score (nSPS) is 34.4. The van der Waals surface area contributed by atoms with Crippen LogP contribution in [0, 0.1) is 5.92 Å². The van der Waals surface area contributed by atoms with E-state index < -0.39 is 12.0 Å². The molecule has 0 aromatic rings. The van der Waals surface area contributed by atoms with E-state index in [4.69, 9.17) is 23.7 Å². The predicted octanol–water partition coefficient (Wildman–Crippen LogP) is 2.72. The molecule has 12 nitrogen and oxygen atoms in total. The van der Waals surface area contributed by atoms with Gasteiger partial charge in [0.1, 0.15) is 41.8 Å². The van der Waals surface area contributed by atoms with Gasteiger partial charge in [-0.05, 0) is 59.8 Å². The SMILES string of the molecule is CO[C@H]1[C@H](C2(C)O[C@@H]2CC=C(C)C)[C@]2(CC[C@H]1OC(=O)N1CCN(CCOC(=O)[C@@H]3CCCN3C(=O)CCC(C)=O)CC1)CO2. The Balaban J connectivity index is 1.05. The van der Waals surface area contributed by atoms with Crippen molar-refractivity contribution in [3.05, 3.63) is 11.6 Å². The smallest absolute Gasteiger partial charge is 0.410 e. The van der Waals surface area contributed by atoms with Gasteiger partial charge in [-0.15, -0.1) is 0 Å². The Labute approximate surface area is 266 Å². The molecule has 0 bridgehead atoms. The highest BCUT2D eigenvalue weighted by Crippen LogP contribution is 2.59. The van der Waals surface area contributed by atoms with Gasteiger partial charge in [-0.3, -0.25) is 9.69 Å². The summed E-state index contributed by atoms with van der Waals surface area (Å²) in [7, 11) is 1.68. The highest BCUT2D eigenvalue weighted by molar-refractivity contribution is 5.87. The number of nitrogens with zero attached hydrogens (tertiary/aromatic N) is 3. The molecule has 4 heterocycles. The first-order chi connectivity index (χ1) is 21.5. The number of methoxy groups -OCH3 is 1. The maximum atomic E-state index is 13.3. The third kappa shape index (κ3) is 7.72. The van der Waals surface area contributed by atoms with Gasteiger partial charge < -0.3 is 38.3 Å². The largest absolute Gasteiger partial charge is 0.463 e. The lowest BCUT2D eigenvalue weighted by Gasteiger charge is -2.43. The Morgan fingerprint density at radius 1 is 1.00 bits per heavy atom. The van der Waals surface area contributed by atoms with Gasteiger partial charge >= 0.3 is 12.1 Å². The van der Waals surface area contributed by atoms with Gasteiger partial charge in [-0.2, -0.15) is 0 Å². The number of hydrogen-bond donors (Lipinski definition) is 0. The fourth-order valence-corrected chi connectivity index (χ4v) is 7.54. The molecular formula is C33H51N3O9. The van der Waals surface area contributed by atoms with E-state index in [0.717, 1.165) is 19.3 Å². The van der Waals surface area contributed by atoms with E-state index in [2.05, 4.69) is 31.7 Å². The molecule has 0 radical (unpaired) electrons. The Morgan fingerprint density at radius 3 is 2.38 bits per heavy atom. The van der Waals surface area contributed by atoms with Crippen molar-refractivity contribution in [2.75, 3.05) is 59.6 Å². The van der Waals surface area contributed by atoms with Crippen molar-refractivity contribution in [2.45, 2.75) is 108 Å². The van der Waals surface area contributed by atoms with Crippen LogP contribution < -0.4 is 0 Å². The van der Waals surface area contributed by atoms with Crippen LogP contribution in [0.15, 0.2) is 11.6 Å². The van der Waals surface area contributed by atoms with Crippen molar-refractivity contribution < 1.29 is 42.9 Å². The van der Waals surface area contributed by atoms with Crippen molar-refractivity contribution in [2.24, 2.45) is 5.92 Å². The molecule has 12 heteroatoms. The lowest BCUT2D eigenvalue weighted by molar-refractivity contribution is -0.154. The zero-order valence-corrected chi connectivity index (χ0v) is 27.6. The summed E-state index contributed by atoms with van der Waals surface area (Å²) >= 11 is 0. The molecule has 2 amide bonds. The Bertz CT molecular complexity index is 1140. The first-order valence-electron chi connectivity index (χ1n) is 16.6. The molecule has 0 aromatic heterocycles. The summed E-state index contributed by atoms with van der Waals surface area (Å²) in [5.74, 6) is -0.629. The number of allylic oxidation sites excluding steroid dienone is 1. The molecule has 1 unspecified atom stereocenters. The lowest BCUT2D eigenvalue weighted by atomic mass is 9.68. The molecule has 5 rings (SSSR count). The molecular weight excluding hydrogens is 582 g/mol. The molecule has 5 fully saturated rings. The number of Topliss-reactive ketones (excluding diaryl/α,β-unsaturated/α-hetero) is 1. The highest BCUT2D eigenvalue weighted by atomic mass is 16.6. The quantitative estimate of drug-likeness (QED) is 0.180. The van der Waals surface area contributed by atoms with Gasteiger partial charge in [-0.25, -0.2) is 9.59 Å². The summed E-state index contributed by atoms with van der Waals surface area (Å²) in [4.78, 5) is 55.2. The number of ketones is 1. The number of carbonyl (C=O) groups excluding carboxylic acids is 4. The van der Waals surface area contributed by atoms with E-state index >= 15 is 0 Å². The molecule has 4 saturated heterocycles. The zero-order chi connectivity index (χ0) is 32.4. The molecule has 4 aliphatic heterocycles. The third-order valence-electron chi connectivity index (χ3n) is 10.3. The molecule has 0 N–H and O–H groups in total. The zero-order valence-electron chi connectivity index (χ0n) is 27.6. The summed E-state index contributed by atoms with van der Waals surface area (Å²) in [6.45, 7) is 12.0. The molecule has 7 atom stereocenters. The average molecular weight is 634 g/mol. The van der Waals surface area contributed by atoms with E-state index in [0.29, 0.717) is 58.7 Å². The molecule has 1 saturated carbocycles. The van der Waals surface area contributed by atoms with Crippen LogP contribution in [0.2, 0.25) is 0 Å². The van der Waals surface area contributed by atoms with Crippen LogP contribution in [0.5, 0.6) is 0 Å². The average Bonchev–Trinajstić information content (AvgIpc) is 3.86. The van der Waals surface area contributed by atoms with Gasteiger partial charge in [0.25, 0.3) is 0 Å². The van der Waals surface area contributed by atoms with Crippen LogP contribution in [0.1, 0.15) is 72.6 Å². The monoisotopic (exact) mass is 633 g/mol. The first kappa shape index (κ1) is 33.8. The molecule has 1 aliphatic carbocycles. The van der Waals surface area contributed by atoms with Crippen molar-refractivity contribution in [3.8, 4) is 0 Å². The van der Waals surface area contributed by atoms with Crippen molar-refractivity contribution in [3.63, 3.8) is 0 Å². The standard InChI is InChI=1S/C33H51N3O9/c1-22(2)8-10-26-32(4,45-26)29-28(41-5)25(12-13-33(29)21-43-33)44-31(40)35-17-15-34(16-18-35)19-20-42-30(39)24-7-6-14-36(24)27(38)11-9-23(3)37/h8,24-26,28-29H,6-7,9-21H2,1-5H3/t24-,25+,26+,28+,29+,32?,33-/m0/s1. The fourth-order valence-electron chi connectivity index (χ4n) is 7.54. The van der Waals surface area contributed by atoms with Gasteiger partial charge in [-0.1, -0.05) is 11.6 Å². The van der Waals surface area contributed by atoms with Crippen molar-refractivity contribution in [1.29, 1.82) is 0 Å². The predicted molar refractivity (Wildman–Crippen MR) is 163 cm³/mol. The van der Waals surface area contributed by atoms with Crippen molar-refractivity contribution in [1.82, 2.24) is 14.7 Å². The maximum absolute atomic E-state index is 13.3. The molecule has 1 spiro atoms. The third-order valence-corrected chi connectivity index (χ3v) is 10.3. The molecule has 252 valence electrons. The van der Waals surface area contributed by atoms with Crippen LogP contribution in [-0.2, 0) is 38.1 Å². The van der Waals surface area contributed by atoms with Crippen LogP contribution in [-0.4, -0.2) is 134 Å². The second-order valence-corrected chi connectivity index (χ2v) is 13.7. The van der Waals surface area contributed by atoms with E-state index in [-0.39, 0.29) is 72.7 Å². The van der Waals surface area contributed by atoms with Gasteiger partial charge in [0.15, 0.2) is 0 Å². The number of likely N-dealkylation sites (tertiary alicyclic amines) is 1. The minimum atomic E-state index is -0.579. The number of ether oxygens (including phenoxy) is 5. The fraction of sp³-hybridized carbons (Fsp3) is 0.818. The molecule has 0 aromatic carbocycles. The number of rotatable bonds is 12. The van der Waals surface area contributed by atoms with Gasteiger partial charge in [0.2, 0.25) is 5.91 Å². The Hall–Kier alpha value is -2.54. The van der Waals surface area contributed by atoms with Crippen molar-refractivity contribution >= 4 is 23.8 Å². The summed E-state index contributed by atoms with van der Waals surface area (Å²) < 4.78 is 30.0. The minimum Gasteiger partial charge on any atom is -0.463 e. The van der Waals surface area contributed by atoms with Crippen LogP contribution >= 0.6 is 0 Å². The van der Waals surface area contributed by atoms with E-state index in [1.807, 2.05) is 0 Å². The topological polar surface area (TPSA) is 131 Å². The number of hydrogen-bond acceptors (Lipinski definition) is 10. The number of esters is 1. The summed E-state index contributed by atoms with van der Waals surface area (Å²) in [6.07, 6.45) is 5.23. The minimum absolute atomic E-state index is 0.0216. The van der Waals surface area contributed by atoms with Gasteiger partial charge in [0, 0.05) is 59.2 Å². The highest BCUT2D eigenvalue weighted by Gasteiger charge is 2.72. The molecule has 45 heavy (non-hydrogen) atoms. The van der Waals surface area contributed by atoms with Crippen LogP contribution in [0.4, 0.5) is 4.79 Å². The van der Waals surface area contributed by atoms with Crippen LogP contribution in [0.3, 0.4) is 0 Å². The molecule has 5 aliphatic rings. The maximum Gasteiger partial charge on any atom is 0.410 e.